The van der Waals surface area contributed by atoms with E-state index in [-0.39, 0.29) is 29.1 Å². The second-order valence-corrected chi connectivity index (χ2v) is 8.22. The maximum absolute atomic E-state index is 12.8. The third-order valence-electron chi connectivity index (χ3n) is 3.49. The molecule has 1 aliphatic heterocycles. The van der Waals surface area contributed by atoms with Crippen LogP contribution < -0.4 is 10.3 Å². The molecule has 3 rings (SSSR count). The number of methoxy groups -OCH3 is 1. The Balaban J connectivity index is 1.87. The summed E-state index contributed by atoms with van der Waals surface area (Å²) in [5.41, 5.74) is 2.71. The molecule has 0 radical (unpaired) electrons. The van der Waals surface area contributed by atoms with E-state index in [1.165, 1.54) is 24.1 Å². The molecule has 28 heavy (non-hydrogen) atoms. The number of rotatable bonds is 8. The van der Waals surface area contributed by atoms with Gasteiger partial charge >= 0.3 is 0 Å². The molecular weight excluding hydrogens is 410 g/mol. The highest BCUT2D eigenvalue weighted by molar-refractivity contribution is 8.08. The Hall–Kier alpha value is -2.45. The normalized spacial score (nSPS) is 17.0. The van der Waals surface area contributed by atoms with Crippen molar-refractivity contribution in [1.82, 2.24) is 10.2 Å². The lowest BCUT2D eigenvalue weighted by Crippen LogP contribution is -2.46. The van der Waals surface area contributed by atoms with E-state index < -0.39 is 20.8 Å². The van der Waals surface area contributed by atoms with Crippen LogP contribution in [0, 0.1) is 0 Å². The summed E-state index contributed by atoms with van der Waals surface area (Å²) in [4.78, 5) is 23.5. The van der Waals surface area contributed by atoms with Gasteiger partial charge < -0.3 is 4.74 Å². The van der Waals surface area contributed by atoms with Crippen LogP contribution in [0.15, 0.2) is 34.3 Å². The van der Waals surface area contributed by atoms with E-state index in [4.69, 9.17) is 14.5 Å². The van der Waals surface area contributed by atoms with Gasteiger partial charge in [0, 0.05) is 7.11 Å². The topological polar surface area (TPSA) is 132 Å². The van der Waals surface area contributed by atoms with Gasteiger partial charge in [-0.15, -0.1) is 10.2 Å². The smallest absolute Gasteiger partial charge is 0.292 e. The van der Waals surface area contributed by atoms with Gasteiger partial charge in [0.15, 0.2) is 0 Å². The number of benzene rings is 1. The molecule has 2 aromatic rings. The maximum Gasteiger partial charge on any atom is 0.292 e. The lowest BCUT2D eigenvalue weighted by atomic mass is 10.3. The van der Waals surface area contributed by atoms with Crippen LogP contribution in [0.5, 0.6) is 0 Å². The molecule has 1 aromatic heterocycles. The molecule has 2 heterocycles. The first-order valence-corrected chi connectivity index (χ1v) is 10.3. The second-order valence-electron chi connectivity index (χ2n) is 5.32. The number of sulfone groups is 1. The average molecular weight is 427 g/mol. The van der Waals surface area contributed by atoms with Crippen molar-refractivity contribution >= 4 is 42.9 Å². The van der Waals surface area contributed by atoms with Gasteiger partial charge in [-0.25, -0.2) is 23.6 Å². The first-order chi connectivity index (χ1) is 13.5. The minimum atomic E-state index is -4.11. The highest BCUT2D eigenvalue weighted by Crippen LogP contribution is 2.32. The van der Waals surface area contributed by atoms with Crippen molar-refractivity contribution in [2.75, 3.05) is 30.8 Å². The summed E-state index contributed by atoms with van der Waals surface area (Å²) >= 11 is 1.08. The molecule has 1 aliphatic rings. The number of nitrogens with one attached hydrogen (secondary N) is 1. The molecule has 0 unspecified atom stereocenters. The molecule has 0 saturated heterocycles. The summed E-state index contributed by atoms with van der Waals surface area (Å²) in [6.07, 6.45) is 0. The van der Waals surface area contributed by atoms with E-state index >= 15 is 0 Å². The number of nitrogens with zero attached hydrogens (tertiary/aromatic N) is 4. The van der Waals surface area contributed by atoms with Crippen molar-refractivity contribution in [2.24, 2.45) is 5.10 Å². The number of aromatic nitrogens is 2. The predicted octanol–water partition coefficient (Wildman–Crippen LogP) is 1.16. The van der Waals surface area contributed by atoms with Crippen LogP contribution in [-0.4, -0.2) is 50.0 Å². The Morgan fingerprint density at radius 1 is 1.25 bits per heavy atom. The number of carbonyl (C=O) groups excluding carboxylic acids is 1. The maximum atomic E-state index is 12.8. The number of fused-ring (bicyclic) bond motifs is 1. The Morgan fingerprint density at radius 2 is 2.04 bits per heavy atom. The Kier molecular flexibility index (Phi) is 6.31. The first-order valence-electron chi connectivity index (χ1n) is 8.04. The van der Waals surface area contributed by atoms with Crippen molar-refractivity contribution in [1.29, 1.82) is 0 Å². The summed E-state index contributed by atoms with van der Waals surface area (Å²) in [7, 11) is -2.71. The van der Waals surface area contributed by atoms with Crippen molar-refractivity contribution in [3.8, 4) is 0 Å². The zero-order valence-electron chi connectivity index (χ0n) is 15.0. The summed E-state index contributed by atoms with van der Waals surface area (Å²) in [5, 5.41) is 11.5. The number of hydrazone groups is 1. The van der Waals surface area contributed by atoms with Crippen LogP contribution in [0.25, 0.3) is 0 Å². The number of amides is 1. The Morgan fingerprint density at radius 3 is 2.79 bits per heavy atom. The van der Waals surface area contributed by atoms with Gasteiger partial charge in [0.2, 0.25) is 20.0 Å². The Labute approximate surface area is 164 Å². The molecule has 1 N–H and O–H groups in total. The highest BCUT2D eigenvalue weighted by atomic mass is 32.2. The first kappa shape index (κ1) is 20.3. The fraction of sp³-hybridized carbons (Fsp3) is 0.333. The highest BCUT2D eigenvalue weighted by Gasteiger charge is 2.41. The van der Waals surface area contributed by atoms with E-state index in [1.807, 2.05) is 0 Å². The number of hydrogen-bond donors (Lipinski definition) is 1. The molecule has 13 heteroatoms. The molecule has 0 fully saturated rings. The minimum absolute atomic E-state index is 0.0322. The van der Waals surface area contributed by atoms with Crippen molar-refractivity contribution in [3.05, 3.63) is 29.3 Å². The van der Waals surface area contributed by atoms with Crippen molar-refractivity contribution in [3.63, 3.8) is 0 Å². The van der Waals surface area contributed by atoms with Crippen LogP contribution in [0.4, 0.5) is 10.8 Å². The molecule has 1 amide bonds. The fourth-order valence-electron chi connectivity index (χ4n) is 2.35. The van der Waals surface area contributed by atoms with Crippen LogP contribution in [0.2, 0.25) is 0 Å². The molecular formula is C15H17N5O6S2. The van der Waals surface area contributed by atoms with E-state index in [0.717, 1.165) is 11.3 Å². The van der Waals surface area contributed by atoms with Gasteiger partial charge in [-0.2, -0.15) is 5.10 Å². The number of carbonyl (C=O) groups is 1. The van der Waals surface area contributed by atoms with Gasteiger partial charge in [0.25, 0.3) is 5.91 Å². The lowest BCUT2D eigenvalue weighted by Gasteiger charge is -2.28. The quantitative estimate of drug-likeness (QED) is 0.374. The number of anilines is 2. The minimum Gasteiger partial charge on any atom is -0.364 e. The van der Waals surface area contributed by atoms with E-state index in [0.29, 0.717) is 11.6 Å². The molecule has 1 aromatic carbocycles. The zero-order valence-corrected chi connectivity index (χ0v) is 16.6. The van der Waals surface area contributed by atoms with Gasteiger partial charge in [-0.05, 0) is 19.1 Å². The van der Waals surface area contributed by atoms with Crippen LogP contribution in [-0.2, 0) is 35.8 Å². The zero-order chi connectivity index (χ0) is 20.1. The van der Waals surface area contributed by atoms with Crippen molar-refractivity contribution in [2.45, 2.75) is 18.4 Å². The van der Waals surface area contributed by atoms with Gasteiger partial charge in [0.05, 0.1) is 17.2 Å². The third-order valence-corrected chi connectivity index (χ3v) is 5.99. The summed E-state index contributed by atoms with van der Waals surface area (Å²) in [6.45, 7) is 2.12. The summed E-state index contributed by atoms with van der Waals surface area (Å²) < 4.78 is 30.7. The second kappa shape index (κ2) is 8.70. The number of hydrogen-bond acceptors (Lipinski definition) is 11. The molecule has 0 bridgehead atoms. The summed E-state index contributed by atoms with van der Waals surface area (Å²) in [6, 6.07) is 6.14. The molecule has 150 valence electrons. The van der Waals surface area contributed by atoms with Gasteiger partial charge in [-0.1, -0.05) is 23.5 Å². The fourth-order valence-corrected chi connectivity index (χ4v) is 4.36. The molecule has 0 aliphatic carbocycles. The van der Waals surface area contributed by atoms with E-state index in [2.05, 4.69) is 20.7 Å². The van der Waals surface area contributed by atoms with Crippen LogP contribution in [0.1, 0.15) is 11.9 Å². The number of ether oxygens (including phenoxy) is 1. The third kappa shape index (κ3) is 4.02. The van der Waals surface area contributed by atoms with Gasteiger partial charge in [-0.3, -0.25) is 9.69 Å². The lowest BCUT2D eigenvalue weighted by molar-refractivity contribution is -0.300. The molecule has 0 spiro atoms. The van der Waals surface area contributed by atoms with Gasteiger partial charge in [0.1, 0.15) is 18.3 Å². The Bertz CT molecular complexity index is 990. The largest absolute Gasteiger partial charge is 0.364 e. The van der Waals surface area contributed by atoms with Crippen LogP contribution >= 0.6 is 11.3 Å². The van der Waals surface area contributed by atoms with E-state index in [9.17, 15) is 13.2 Å². The van der Waals surface area contributed by atoms with Crippen molar-refractivity contribution < 1.29 is 27.7 Å². The standard InChI is InChI=1S/C15H17N5O6S2/c1-3-25-26-8-12-16-18-15(27-12)19-17-13-14(21)20(9-24-2)10-6-4-5-7-11(10)28(13,22)23/h4-7H,3,8-9H2,1-2H3,(H,18,19). The summed E-state index contributed by atoms with van der Waals surface area (Å²) in [5.74, 6) is -0.808. The number of para-hydroxylation sites is 1. The predicted molar refractivity (Wildman–Crippen MR) is 100 cm³/mol. The molecule has 0 saturated carbocycles. The van der Waals surface area contributed by atoms with E-state index in [1.54, 1.807) is 19.1 Å². The van der Waals surface area contributed by atoms with Crippen LogP contribution in [0.3, 0.4) is 0 Å². The molecule has 0 atom stereocenters. The molecule has 11 nitrogen and oxygen atoms in total. The monoisotopic (exact) mass is 427 g/mol. The average Bonchev–Trinajstić information content (AvgIpc) is 3.13. The SMILES string of the molecule is CCOOCc1nnc(NN=C2C(=O)N(COC)c3ccccc3S2(=O)=O)s1.